The lowest BCUT2D eigenvalue weighted by molar-refractivity contribution is 0.251. The predicted molar refractivity (Wildman–Crippen MR) is 119 cm³/mol. The van der Waals surface area contributed by atoms with Crippen molar-refractivity contribution >= 4 is 27.6 Å². The zero-order valence-electron chi connectivity index (χ0n) is 16.7. The highest BCUT2D eigenvalue weighted by atomic mass is 79.9. The maximum atomic E-state index is 12.4. The Hall–Kier alpha value is -2.86. The minimum absolute atomic E-state index is 0.0823. The van der Waals surface area contributed by atoms with Gasteiger partial charge >= 0.3 is 6.03 Å². The molecule has 0 aliphatic carbocycles. The zero-order valence-corrected chi connectivity index (χ0v) is 18.3. The van der Waals surface area contributed by atoms with Crippen LogP contribution in [-0.2, 0) is 12.0 Å². The number of hydrogen-bond donors (Lipinski definition) is 2. The van der Waals surface area contributed by atoms with Crippen LogP contribution in [0, 0.1) is 0 Å². The summed E-state index contributed by atoms with van der Waals surface area (Å²) in [4.78, 5) is 16.7. The van der Waals surface area contributed by atoms with Crippen LogP contribution in [0.1, 0.15) is 31.9 Å². The smallest absolute Gasteiger partial charge is 0.319 e. The molecule has 0 spiro atoms. The van der Waals surface area contributed by atoms with Crippen molar-refractivity contribution in [2.24, 2.45) is 0 Å². The number of amides is 2. The summed E-state index contributed by atoms with van der Waals surface area (Å²) < 4.78 is 7.08. The molecular formula is C23H24BrN3O2. The maximum Gasteiger partial charge on any atom is 0.319 e. The number of para-hydroxylation sites is 1. The molecule has 0 saturated heterocycles. The van der Waals surface area contributed by atoms with Gasteiger partial charge in [0.25, 0.3) is 0 Å². The summed E-state index contributed by atoms with van der Waals surface area (Å²) in [5.74, 6) is 1.07. The highest BCUT2D eigenvalue weighted by Gasteiger charge is 2.20. The van der Waals surface area contributed by atoms with Crippen molar-refractivity contribution in [1.82, 2.24) is 10.3 Å². The van der Waals surface area contributed by atoms with Gasteiger partial charge in [0.1, 0.15) is 11.4 Å². The Balaban J connectivity index is 1.71. The van der Waals surface area contributed by atoms with E-state index in [1.807, 2.05) is 48.5 Å². The number of aromatic nitrogens is 1. The number of benzene rings is 2. The molecule has 5 nitrogen and oxygen atoms in total. The van der Waals surface area contributed by atoms with E-state index < -0.39 is 0 Å². The van der Waals surface area contributed by atoms with Crippen molar-refractivity contribution in [2.45, 2.75) is 32.7 Å². The Morgan fingerprint density at radius 1 is 1.03 bits per heavy atom. The van der Waals surface area contributed by atoms with Crippen LogP contribution in [0.25, 0.3) is 0 Å². The van der Waals surface area contributed by atoms with Gasteiger partial charge in [-0.15, -0.1) is 0 Å². The molecule has 0 aliphatic rings. The van der Waals surface area contributed by atoms with Crippen LogP contribution in [0.15, 0.2) is 71.3 Å². The van der Waals surface area contributed by atoms with E-state index in [1.165, 1.54) is 0 Å². The number of nitrogens with one attached hydrogen (secondary N) is 2. The van der Waals surface area contributed by atoms with Gasteiger partial charge in [-0.1, -0.05) is 67.0 Å². The van der Waals surface area contributed by atoms with Crippen molar-refractivity contribution in [3.63, 3.8) is 0 Å². The molecule has 3 rings (SSSR count). The monoisotopic (exact) mass is 453 g/mol. The number of ether oxygens (including phenoxy) is 1. The number of carbonyl (C=O) groups excluding carboxylic acids is 1. The topological polar surface area (TPSA) is 63.2 Å². The van der Waals surface area contributed by atoms with E-state index in [9.17, 15) is 4.79 Å². The maximum absolute atomic E-state index is 12.4. The Morgan fingerprint density at radius 3 is 2.48 bits per heavy atom. The molecule has 150 valence electrons. The van der Waals surface area contributed by atoms with Crippen molar-refractivity contribution in [3.8, 4) is 11.6 Å². The lowest BCUT2D eigenvalue weighted by Crippen LogP contribution is -2.28. The molecular weight excluding hydrogens is 430 g/mol. The third kappa shape index (κ3) is 5.81. The molecule has 0 fully saturated rings. The first kappa shape index (κ1) is 20.9. The molecule has 0 bridgehead atoms. The van der Waals surface area contributed by atoms with Crippen LogP contribution in [0.5, 0.6) is 11.6 Å². The molecule has 6 heteroatoms. The Labute approximate surface area is 179 Å². The van der Waals surface area contributed by atoms with E-state index in [2.05, 4.69) is 52.3 Å². The molecule has 1 heterocycles. The van der Waals surface area contributed by atoms with Crippen LogP contribution in [0.2, 0.25) is 0 Å². The lowest BCUT2D eigenvalue weighted by Gasteiger charge is -2.22. The fourth-order valence-electron chi connectivity index (χ4n) is 2.80. The third-order valence-corrected chi connectivity index (χ3v) is 4.82. The summed E-state index contributed by atoms with van der Waals surface area (Å²) in [5.41, 5.74) is 2.49. The summed E-state index contributed by atoms with van der Waals surface area (Å²) in [7, 11) is 0. The summed E-state index contributed by atoms with van der Waals surface area (Å²) in [6.45, 7) is 6.80. The minimum Gasteiger partial charge on any atom is -0.437 e. The normalized spacial score (nSPS) is 11.0. The van der Waals surface area contributed by atoms with Crippen LogP contribution in [0.4, 0.5) is 10.5 Å². The molecule has 0 radical (unpaired) electrons. The molecule has 0 atom stereocenters. The number of hydrogen-bond acceptors (Lipinski definition) is 3. The van der Waals surface area contributed by atoms with E-state index in [-0.39, 0.29) is 11.4 Å². The molecule has 1 aromatic heterocycles. The summed E-state index contributed by atoms with van der Waals surface area (Å²) in [5, 5.41) is 5.67. The molecule has 0 saturated carbocycles. The number of urea groups is 1. The highest BCUT2D eigenvalue weighted by Crippen LogP contribution is 2.35. The van der Waals surface area contributed by atoms with Crippen molar-refractivity contribution in [2.75, 3.05) is 5.32 Å². The summed E-state index contributed by atoms with van der Waals surface area (Å²) in [6.07, 6.45) is 1.64. The van der Waals surface area contributed by atoms with Crippen molar-refractivity contribution in [1.29, 1.82) is 0 Å². The van der Waals surface area contributed by atoms with Crippen molar-refractivity contribution < 1.29 is 9.53 Å². The molecule has 2 aromatic carbocycles. The first-order valence-electron chi connectivity index (χ1n) is 9.34. The number of anilines is 1. The van der Waals surface area contributed by atoms with E-state index in [4.69, 9.17) is 4.74 Å². The average Bonchev–Trinajstić information content (AvgIpc) is 2.69. The number of nitrogens with zero attached hydrogens (tertiary/aromatic N) is 1. The van der Waals surface area contributed by atoms with Gasteiger partial charge in [0.05, 0.1) is 0 Å². The number of pyridine rings is 1. The third-order valence-electron chi connectivity index (χ3n) is 4.29. The fraction of sp³-hybridized carbons (Fsp3) is 0.217. The number of carbonyl (C=O) groups is 1. The Bertz CT molecular complexity index is 982. The lowest BCUT2D eigenvalue weighted by atomic mass is 9.86. The minimum atomic E-state index is -0.324. The summed E-state index contributed by atoms with van der Waals surface area (Å²) >= 11 is 3.40. The number of halogens is 1. The standard InChI is InChI=1S/C23H24BrN3O2/c1-23(2,3)18-7-4-5-9-20(18)29-21-19(8-6-14-25-21)27-22(28)26-15-16-10-12-17(24)13-11-16/h4-14H,15H2,1-3H3,(H2,26,27,28). The average molecular weight is 454 g/mol. The van der Waals surface area contributed by atoms with Crippen LogP contribution < -0.4 is 15.4 Å². The molecule has 0 aliphatic heterocycles. The van der Waals surface area contributed by atoms with Gasteiger partial charge in [0.15, 0.2) is 0 Å². The van der Waals surface area contributed by atoms with Gasteiger partial charge in [-0.05, 0) is 41.3 Å². The predicted octanol–water partition coefficient (Wildman–Crippen LogP) is 6.26. The fourth-order valence-corrected chi connectivity index (χ4v) is 3.06. The second kappa shape index (κ2) is 9.09. The SMILES string of the molecule is CC(C)(C)c1ccccc1Oc1ncccc1NC(=O)NCc1ccc(Br)cc1. The van der Waals surface area contributed by atoms with Gasteiger partial charge in [0.2, 0.25) is 5.88 Å². The Morgan fingerprint density at radius 2 is 1.76 bits per heavy atom. The van der Waals surface area contributed by atoms with E-state index >= 15 is 0 Å². The first-order valence-corrected chi connectivity index (χ1v) is 10.1. The van der Waals surface area contributed by atoms with Gasteiger partial charge in [-0.2, -0.15) is 0 Å². The van der Waals surface area contributed by atoms with Crippen molar-refractivity contribution in [3.05, 3.63) is 82.5 Å². The van der Waals surface area contributed by atoms with Gasteiger partial charge in [-0.25, -0.2) is 9.78 Å². The molecule has 0 unspecified atom stereocenters. The molecule has 2 N–H and O–H groups in total. The first-order chi connectivity index (χ1) is 13.8. The highest BCUT2D eigenvalue weighted by molar-refractivity contribution is 9.10. The van der Waals surface area contributed by atoms with Crippen LogP contribution in [0.3, 0.4) is 0 Å². The second-order valence-electron chi connectivity index (χ2n) is 7.64. The van der Waals surface area contributed by atoms with Crippen LogP contribution in [-0.4, -0.2) is 11.0 Å². The molecule has 29 heavy (non-hydrogen) atoms. The largest absolute Gasteiger partial charge is 0.437 e. The molecule has 2 amide bonds. The second-order valence-corrected chi connectivity index (χ2v) is 8.55. The van der Waals surface area contributed by atoms with Gasteiger partial charge in [-0.3, -0.25) is 0 Å². The number of rotatable bonds is 5. The van der Waals surface area contributed by atoms with E-state index in [0.29, 0.717) is 18.1 Å². The quantitative estimate of drug-likeness (QED) is 0.479. The van der Waals surface area contributed by atoms with E-state index in [1.54, 1.807) is 18.3 Å². The van der Waals surface area contributed by atoms with Gasteiger partial charge < -0.3 is 15.4 Å². The van der Waals surface area contributed by atoms with E-state index in [0.717, 1.165) is 21.3 Å². The Kier molecular flexibility index (Phi) is 6.54. The van der Waals surface area contributed by atoms with Crippen LogP contribution >= 0.6 is 15.9 Å². The summed E-state index contributed by atoms with van der Waals surface area (Å²) in [6, 6.07) is 18.8. The molecule has 3 aromatic rings. The zero-order chi connectivity index (χ0) is 20.9. The van der Waals surface area contributed by atoms with Gasteiger partial charge in [0, 0.05) is 22.8 Å².